The van der Waals surface area contributed by atoms with Crippen molar-refractivity contribution in [3.8, 4) is 0 Å². The minimum atomic E-state index is 0.304. The summed E-state index contributed by atoms with van der Waals surface area (Å²) in [5.74, 6) is 1.74. The molecule has 1 atom stereocenters. The summed E-state index contributed by atoms with van der Waals surface area (Å²) in [6.07, 6.45) is 3.22. The van der Waals surface area contributed by atoms with Crippen LogP contribution in [-0.4, -0.2) is 16.5 Å². The number of imidazole rings is 1. The summed E-state index contributed by atoms with van der Waals surface area (Å²) in [5.41, 5.74) is 10.9. The van der Waals surface area contributed by atoms with E-state index in [9.17, 15) is 0 Å². The van der Waals surface area contributed by atoms with Crippen LogP contribution in [-0.2, 0) is 6.42 Å². The number of hydrogen-bond donors (Lipinski definition) is 2. The van der Waals surface area contributed by atoms with E-state index in [4.69, 9.17) is 10.7 Å². The second-order valence-electron chi connectivity index (χ2n) is 7.32. The van der Waals surface area contributed by atoms with E-state index in [0.29, 0.717) is 11.3 Å². The van der Waals surface area contributed by atoms with Crippen molar-refractivity contribution in [1.82, 2.24) is 9.97 Å². The van der Waals surface area contributed by atoms with Gasteiger partial charge in [0.05, 0.1) is 11.0 Å². The van der Waals surface area contributed by atoms with Crippen molar-refractivity contribution < 1.29 is 0 Å². The third-order valence-electron chi connectivity index (χ3n) is 4.62. The van der Waals surface area contributed by atoms with Crippen LogP contribution in [0.1, 0.15) is 50.6 Å². The van der Waals surface area contributed by atoms with Crippen molar-refractivity contribution in [2.24, 2.45) is 17.1 Å². The molecule has 1 aromatic carbocycles. The van der Waals surface area contributed by atoms with Gasteiger partial charge in [0, 0.05) is 6.42 Å². The average molecular weight is 287 g/mol. The fourth-order valence-electron chi connectivity index (χ4n) is 2.96. The van der Waals surface area contributed by atoms with E-state index in [1.807, 2.05) is 0 Å². The van der Waals surface area contributed by atoms with Crippen LogP contribution >= 0.6 is 0 Å². The average Bonchev–Trinajstić information content (AvgIpc) is 2.75. The van der Waals surface area contributed by atoms with Gasteiger partial charge in [0.15, 0.2) is 0 Å². The predicted octanol–water partition coefficient (Wildman–Crippen LogP) is 4.12. The number of fused-ring (bicyclic) bond motifs is 1. The Hall–Kier alpha value is -1.35. The maximum absolute atomic E-state index is 5.77. The Bertz CT molecular complexity index is 566. The van der Waals surface area contributed by atoms with Crippen LogP contribution in [0.4, 0.5) is 0 Å². The fraction of sp³-hybridized carbons (Fsp3) is 0.611. The Labute approximate surface area is 128 Å². The van der Waals surface area contributed by atoms with Crippen LogP contribution in [0.25, 0.3) is 11.0 Å². The van der Waals surface area contributed by atoms with E-state index < -0.39 is 0 Å². The van der Waals surface area contributed by atoms with Crippen LogP contribution in [0.15, 0.2) is 12.1 Å². The first kappa shape index (κ1) is 16.0. The topological polar surface area (TPSA) is 54.7 Å². The molecule has 0 amide bonds. The SMILES string of the molecule is Cc1cc2nc(CCC(CCN)C(C)(C)C)[nH]c2cc1C. The Morgan fingerprint density at radius 3 is 2.43 bits per heavy atom. The number of benzene rings is 1. The minimum Gasteiger partial charge on any atom is -0.342 e. The van der Waals surface area contributed by atoms with E-state index in [-0.39, 0.29) is 0 Å². The molecule has 0 saturated carbocycles. The summed E-state index contributed by atoms with van der Waals surface area (Å²) in [7, 11) is 0. The van der Waals surface area contributed by atoms with Gasteiger partial charge in [-0.15, -0.1) is 0 Å². The molecule has 1 aromatic heterocycles. The number of aryl methyl sites for hydroxylation is 3. The number of nitrogens with zero attached hydrogens (tertiary/aromatic N) is 1. The summed E-state index contributed by atoms with van der Waals surface area (Å²) < 4.78 is 0. The van der Waals surface area contributed by atoms with Crippen molar-refractivity contribution in [3.63, 3.8) is 0 Å². The molecule has 1 heterocycles. The Morgan fingerprint density at radius 1 is 1.14 bits per heavy atom. The molecule has 3 N–H and O–H groups in total. The van der Waals surface area contributed by atoms with Gasteiger partial charge in [-0.3, -0.25) is 0 Å². The Morgan fingerprint density at radius 2 is 1.81 bits per heavy atom. The van der Waals surface area contributed by atoms with Gasteiger partial charge >= 0.3 is 0 Å². The molecular formula is C18H29N3. The quantitative estimate of drug-likeness (QED) is 0.869. The number of H-pyrrole nitrogens is 1. The van der Waals surface area contributed by atoms with Crippen LogP contribution in [0, 0.1) is 25.2 Å². The largest absolute Gasteiger partial charge is 0.342 e. The zero-order valence-corrected chi connectivity index (χ0v) is 14.1. The summed E-state index contributed by atoms with van der Waals surface area (Å²) >= 11 is 0. The van der Waals surface area contributed by atoms with Crippen molar-refractivity contribution in [2.45, 2.75) is 53.9 Å². The zero-order valence-electron chi connectivity index (χ0n) is 14.1. The monoisotopic (exact) mass is 287 g/mol. The van der Waals surface area contributed by atoms with Crippen LogP contribution in [0.2, 0.25) is 0 Å². The van der Waals surface area contributed by atoms with E-state index in [0.717, 1.165) is 42.7 Å². The molecule has 0 spiro atoms. The Kier molecular flexibility index (Phi) is 4.72. The molecular weight excluding hydrogens is 258 g/mol. The highest BCUT2D eigenvalue weighted by Gasteiger charge is 2.23. The number of nitrogens with two attached hydrogens (primary N) is 1. The first-order valence-corrected chi connectivity index (χ1v) is 7.97. The fourth-order valence-corrected chi connectivity index (χ4v) is 2.96. The molecule has 0 saturated heterocycles. The summed E-state index contributed by atoms with van der Waals surface area (Å²) in [6.45, 7) is 12.0. The highest BCUT2D eigenvalue weighted by atomic mass is 14.9. The van der Waals surface area contributed by atoms with Gasteiger partial charge in [0.2, 0.25) is 0 Å². The minimum absolute atomic E-state index is 0.304. The molecule has 3 nitrogen and oxygen atoms in total. The van der Waals surface area contributed by atoms with E-state index in [2.05, 4.69) is 51.7 Å². The number of aromatic nitrogens is 2. The lowest BCUT2D eigenvalue weighted by Gasteiger charge is -2.30. The van der Waals surface area contributed by atoms with Crippen molar-refractivity contribution >= 4 is 11.0 Å². The first-order chi connectivity index (χ1) is 9.81. The van der Waals surface area contributed by atoms with Gasteiger partial charge < -0.3 is 10.7 Å². The van der Waals surface area contributed by atoms with Crippen molar-refractivity contribution in [2.75, 3.05) is 6.54 Å². The molecule has 3 heteroatoms. The van der Waals surface area contributed by atoms with E-state index in [1.165, 1.54) is 11.1 Å². The lowest BCUT2D eigenvalue weighted by Crippen LogP contribution is -2.24. The smallest absolute Gasteiger partial charge is 0.107 e. The normalized spacial score (nSPS) is 13.8. The molecule has 0 aliphatic rings. The van der Waals surface area contributed by atoms with Crippen LogP contribution in [0.5, 0.6) is 0 Å². The maximum Gasteiger partial charge on any atom is 0.107 e. The predicted molar refractivity (Wildman–Crippen MR) is 90.5 cm³/mol. The Balaban J connectivity index is 2.12. The lowest BCUT2D eigenvalue weighted by molar-refractivity contribution is 0.214. The molecule has 0 aliphatic heterocycles. The van der Waals surface area contributed by atoms with Gasteiger partial charge in [0.25, 0.3) is 0 Å². The van der Waals surface area contributed by atoms with E-state index >= 15 is 0 Å². The van der Waals surface area contributed by atoms with Gasteiger partial charge in [-0.2, -0.15) is 0 Å². The second-order valence-corrected chi connectivity index (χ2v) is 7.32. The number of aromatic amines is 1. The van der Waals surface area contributed by atoms with Gasteiger partial charge in [-0.1, -0.05) is 20.8 Å². The third-order valence-corrected chi connectivity index (χ3v) is 4.62. The van der Waals surface area contributed by atoms with Crippen molar-refractivity contribution in [1.29, 1.82) is 0 Å². The number of hydrogen-bond acceptors (Lipinski definition) is 2. The van der Waals surface area contributed by atoms with Gasteiger partial charge in [0.1, 0.15) is 5.82 Å². The van der Waals surface area contributed by atoms with Gasteiger partial charge in [-0.25, -0.2) is 4.98 Å². The third kappa shape index (κ3) is 3.85. The molecule has 21 heavy (non-hydrogen) atoms. The van der Waals surface area contributed by atoms with Crippen LogP contribution < -0.4 is 5.73 Å². The highest BCUT2D eigenvalue weighted by Crippen LogP contribution is 2.32. The molecule has 0 aliphatic carbocycles. The molecule has 0 bridgehead atoms. The van der Waals surface area contributed by atoms with E-state index in [1.54, 1.807) is 0 Å². The van der Waals surface area contributed by atoms with Crippen LogP contribution in [0.3, 0.4) is 0 Å². The summed E-state index contributed by atoms with van der Waals surface area (Å²) in [6, 6.07) is 4.37. The number of nitrogens with one attached hydrogen (secondary N) is 1. The van der Waals surface area contributed by atoms with Crippen molar-refractivity contribution in [3.05, 3.63) is 29.1 Å². The first-order valence-electron chi connectivity index (χ1n) is 7.97. The van der Waals surface area contributed by atoms with Gasteiger partial charge in [-0.05, 0) is 67.8 Å². The molecule has 0 radical (unpaired) electrons. The molecule has 0 fully saturated rings. The molecule has 2 rings (SSSR count). The summed E-state index contributed by atoms with van der Waals surface area (Å²) in [4.78, 5) is 8.21. The molecule has 1 unspecified atom stereocenters. The molecule has 116 valence electrons. The lowest BCUT2D eigenvalue weighted by atomic mass is 9.76. The summed E-state index contributed by atoms with van der Waals surface area (Å²) in [5, 5.41) is 0. The zero-order chi connectivity index (χ0) is 15.6. The maximum atomic E-state index is 5.77. The standard InChI is InChI=1S/C18H29N3/c1-12-10-15-16(11-13(12)2)21-17(20-15)7-6-14(8-9-19)18(3,4)5/h10-11,14H,6-9,19H2,1-5H3,(H,20,21). The number of rotatable bonds is 5. The second kappa shape index (κ2) is 6.18. The highest BCUT2D eigenvalue weighted by molar-refractivity contribution is 5.77. The molecule has 2 aromatic rings.